The highest BCUT2D eigenvalue weighted by atomic mass is 32.2. The van der Waals surface area contributed by atoms with Crippen molar-refractivity contribution in [2.24, 2.45) is 5.11 Å². The van der Waals surface area contributed by atoms with Gasteiger partial charge in [0.2, 0.25) is 11.3 Å². The number of benzene rings is 2. The normalized spacial score (nSPS) is 17.5. The van der Waals surface area contributed by atoms with E-state index in [-0.39, 0.29) is 40.2 Å². The highest BCUT2D eigenvalue weighted by molar-refractivity contribution is 7.86. The van der Waals surface area contributed by atoms with Crippen LogP contribution in [-0.2, 0) is 38.0 Å². The largest absolute Gasteiger partial charge is 0.748 e. The predicted octanol–water partition coefficient (Wildman–Crippen LogP) is 3.50. The van der Waals surface area contributed by atoms with Crippen LogP contribution in [0.3, 0.4) is 0 Å². The van der Waals surface area contributed by atoms with E-state index in [0.29, 0.717) is 54.7 Å². The summed E-state index contributed by atoms with van der Waals surface area (Å²) in [6.45, 7) is 11.0. The lowest BCUT2D eigenvalue weighted by molar-refractivity contribution is -0.119. The SMILES string of the molecule is CCC1=CC(C)(C)[N+]2=c3c1cc1c(c3CCC2)Oc2c(cc3c(c2S(=O)(=O)[O-])NC(C)(C)C=C3CS(=O)(=O)[O-])C=1c1nccn1CCCCNC(=O)CN=[N+]=[N-]. The molecule has 7 rings (SSSR count). The van der Waals surface area contributed by atoms with Gasteiger partial charge < -0.3 is 29.0 Å². The quantitative estimate of drug-likeness (QED) is 0.0528. The molecule has 4 aliphatic rings. The number of amides is 1. The number of allylic oxidation sites excluding steroid dienone is 1. The minimum Gasteiger partial charge on any atom is -0.748 e. The average molecular weight is 804 g/mol. The lowest BCUT2D eigenvalue weighted by Crippen LogP contribution is -2.53. The number of hydrogen-bond donors (Lipinski definition) is 2. The van der Waals surface area contributed by atoms with Crippen molar-refractivity contribution in [2.45, 2.75) is 89.2 Å². The number of aromatic nitrogens is 2. The molecule has 4 aliphatic heterocycles. The summed E-state index contributed by atoms with van der Waals surface area (Å²) in [5.74, 6) is -0.671. The second kappa shape index (κ2) is 14.2. The maximum atomic E-state index is 13.5. The van der Waals surface area contributed by atoms with Gasteiger partial charge in [-0.05, 0) is 74.4 Å². The zero-order valence-corrected chi connectivity index (χ0v) is 33.4. The predicted molar refractivity (Wildman–Crippen MR) is 207 cm³/mol. The summed E-state index contributed by atoms with van der Waals surface area (Å²) in [6.07, 6.45) is 10.6. The van der Waals surface area contributed by atoms with Crippen molar-refractivity contribution in [3.63, 3.8) is 0 Å². The first kappa shape index (κ1) is 39.2. The molecule has 1 amide bonds. The Kier molecular flexibility index (Phi) is 9.94. The number of ether oxygens (including phenoxy) is 1. The van der Waals surface area contributed by atoms with Crippen LogP contribution in [0.15, 0.2) is 46.7 Å². The van der Waals surface area contributed by atoms with Crippen molar-refractivity contribution < 1.29 is 35.5 Å². The first-order valence-corrected chi connectivity index (χ1v) is 21.5. The fraction of sp³-hybridized carbons (Fsp3) is 0.447. The Morgan fingerprint density at radius 2 is 1.86 bits per heavy atom. The molecule has 296 valence electrons. The van der Waals surface area contributed by atoms with Gasteiger partial charge >= 0.3 is 0 Å². The first-order valence-electron chi connectivity index (χ1n) is 18.5. The standard InChI is InChI=1S/C38H44N8O8S2/c1-6-22-19-38(4,5)46-14-9-10-24-32(46)26(22)17-27-30(36-41-12-15-45(36)13-8-7-11-40-29(47)20-42-44-39)28-16-25-23(21-55(48,49)50)18-37(2,3)43-31(25)35(56(51,52)53)34(28)54-33(24)27/h12,15-19H,6-11,13-14,20-21H2,1-5H3,(H3,40,47,48,49,50,51,52,53)/p-1. The second-order valence-electron chi connectivity index (χ2n) is 15.6. The van der Waals surface area contributed by atoms with E-state index in [9.17, 15) is 30.7 Å². The number of hydrogen-bond acceptors (Lipinski definition) is 11. The van der Waals surface area contributed by atoms with Gasteiger partial charge in [-0.1, -0.05) is 18.1 Å². The van der Waals surface area contributed by atoms with Gasteiger partial charge in [-0.15, -0.1) is 0 Å². The molecule has 0 radical (unpaired) electrons. The van der Waals surface area contributed by atoms with Crippen molar-refractivity contribution in [2.75, 3.05) is 30.7 Å². The highest BCUT2D eigenvalue weighted by Crippen LogP contribution is 2.50. The van der Waals surface area contributed by atoms with Gasteiger partial charge in [0.05, 0.1) is 38.2 Å². The molecule has 2 N–H and O–H groups in total. The van der Waals surface area contributed by atoms with Crippen LogP contribution in [0.25, 0.3) is 27.2 Å². The Bertz CT molecular complexity index is 2670. The topological polar surface area (TPSA) is 234 Å². The van der Waals surface area contributed by atoms with Crippen LogP contribution in [0.4, 0.5) is 5.69 Å². The van der Waals surface area contributed by atoms with Crippen molar-refractivity contribution in [3.8, 4) is 11.5 Å². The van der Waals surface area contributed by atoms with Gasteiger partial charge in [0.25, 0.3) is 0 Å². The number of aryl methyl sites for hydroxylation is 1. The van der Waals surface area contributed by atoms with E-state index >= 15 is 0 Å². The number of nitrogens with one attached hydrogen (secondary N) is 2. The second-order valence-corrected chi connectivity index (χ2v) is 18.3. The summed E-state index contributed by atoms with van der Waals surface area (Å²) in [6, 6.07) is 3.63. The molecule has 0 saturated heterocycles. The molecule has 56 heavy (non-hydrogen) atoms. The van der Waals surface area contributed by atoms with Crippen LogP contribution >= 0.6 is 0 Å². The summed E-state index contributed by atoms with van der Waals surface area (Å²) in [7, 11) is -10.2. The Labute approximate surface area is 324 Å². The molecular weight excluding hydrogens is 761 g/mol. The van der Waals surface area contributed by atoms with E-state index in [1.165, 1.54) is 0 Å². The van der Waals surface area contributed by atoms with E-state index in [4.69, 9.17) is 15.3 Å². The smallest absolute Gasteiger partial charge is 0.225 e. The van der Waals surface area contributed by atoms with Crippen molar-refractivity contribution in [1.29, 1.82) is 0 Å². The van der Waals surface area contributed by atoms with Crippen molar-refractivity contribution in [1.82, 2.24) is 19.4 Å². The zero-order valence-electron chi connectivity index (χ0n) is 31.8. The number of imidazole rings is 1. The van der Waals surface area contributed by atoms with Crippen LogP contribution in [0, 0.1) is 0 Å². The molecule has 0 atom stereocenters. The fourth-order valence-corrected chi connectivity index (χ4v) is 9.90. The number of nitrogens with zero attached hydrogens (tertiary/aromatic N) is 6. The van der Waals surface area contributed by atoms with Gasteiger partial charge in [-0.25, -0.2) is 26.4 Å². The molecule has 2 aromatic carbocycles. The Morgan fingerprint density at radius 1 is 1.09 bits per heavy atom. The van der Waals surface area contributed by atoms with E-state index in [2.05, 4.69) is 52.1 Å². The Hall–Kier alpha value is -5.00. The molecule has 0 saturated carbocycles. The maximum Gasteiger partial charge on any atom is 0.225 e. The molecule has 18 heteroatoms. The molecular formula is C38H43N8O8S2-. The Morgan fingerprint density at radius 3 is 2.55 bits per heavy atom. The van der Waals surface area contributed by atoms with Crippen molar-refractivity contribution >= 4 is 48.6 Å². The van der Waals surface area contributed by atoms with Gasteiger partial charge in [0, 0.05) is 72.6 Å². The van der Waals surface area contributed by atoms with E-state index in [1.54, 1.807) is 38.4 Å². The molecule has 0 aliphatic carbocycles. The van der Waals surface area contributed by atoms with Gasteiger partial charge in [0.15, 0.2) is 11.3 Å². The highest BCUT2D eigenvalue weighted by Gasteiger charge is 2.41. The molecule has 5 heterocycles. The van der Waals surface area contributed by atoms with Crippen LogP contribution in [0.1, 0.15) is 88.4 Å². The number of anilines is 1. The van der Waals surface area contributed by atoms with Gasteiger partial charge in [-0.3, -0.25) is 4.79 Å². The van der Waals surface area contributed by atoms with E-state index in [1.807, 2.05) is 10.6 Å². The lowest BCUT2D eigenvalue weighted by Gasteiger charge is -2.37. The Balaban J connectivity index is 1.51. The van der Waals surface area contributed by atoms with E-state index < -0.39 is 42.3 Å². The number of carbonyl (C=O) groups excluding carboxylic acids is 1. The molecule has 0 unspecified atom stereocenters. The number of fused-ring (bicyclic) bond motifs is 4. The van der Waals surface area contributed by atoms with Crippen LogP contribution in [-0.4, -0.2) is 77.9 Å². The summed E-state index contributed by atoms with van der Waals surface area (Å²) in [5, 5.41) is 10.7. The zero-order chi connectivity index (χ0) is 40.4. The molecule has 3 aromatic rings. The van der Waals surface area contributed by atoms with Crippen LogP contribution < -0.4 is 30.5 Å². The third-order valence-corrected chi connectivity index (χ3v) is 12.2. The summed E-state index contributed by atoms with van der Waals surface area (Å²) >= 11 is 0. The maximum absolute atomic E-state index is 13.5. The summed E-state index contributed by atoms with van der Waals surface area (Å²) in [5.41, 5.74) is 10.8. The van der Waals surface area contributed by atoms with Gasteiger partial charge in [0.1, 0.15) is 39.7 Å². The van der Waals surface area contributed by atoms with E-state index in [0.717, 1.165) is 41.4 Å². The van der Waals surface area contributed by atoms with Crippen LogP contribution in [0.2, 0.25) is 0 Å². The molecule has 1 aromatic heterocycles. The number of carbonyl (C=O) groups is 1. The van der Waals surface area contributed by atoms with Crippen LogP contribution in [0.5, 0.6) is 11.5 Å². The minimum atomic E-state index is -5.32. The lowest BCUT2D eigenvalue weighted by atomic mass is 9.83. The molecule has 16 nitrogen and oxygen atoms in total. The number of azide groups is 1. The van der Waals surface area contributed by atoms with Crippen molar-refractivity contribution in [3.05, 3.63) is 85.8 Å². The molecule has 0 fully saturated rings. The summed E-state index contributed by atoms with van der Waals surface area (Å²) < 4.78 is 88.2. The number of unbranched alkanes of at least 4 members (excludes halogenated alkanes) is 1. The van der Waals surface area contributed by atoms with Gasteiger partial charge in [-0.2, -0.15) is 0 Å². The molecule has 0 spiro atoms. The third kappa shape index (κ3) is 7.23. The number of rotatable bonds is 12. The molecule has 0 bridgehead atoms. The minimum absolute atomic E-state index is 0.0528. The third-order valence-electron chi connectivity index (χ3n) is 10.6. The monoisotopic (exact) mass is 803 g/mol. The first-order chi connectivity index (χ1) is 26.3. The summed E-state index contributed by atoms with van der Waals surface area (Å²) in [4.78, 5) is 18.7. The fourth-order valence-electron chi connectivity index (χ4n) is 8.49. The average Bonchev–Trinajstić information content (AvgIpc) is 3.56.